The highest BCUT2D eigenvalue weighted by molar-refractivity contribution is 6.30. The van der Waals surface area contributed by atoms with E-state index in [0.29, 0.717) is 12.0 Å². The molecule has 2 amide bonds. The minimum Gasteiger partial charge on any atom is -0.339 e. The molecule has 2 fully saturated rings. The third-order valence-corrected chi connectivity index (χ3v) is 4.16. The Labute approximate surface area is 114 Å². The van der Waals surface area contributed by atoms with Crippen molar-refractivity contribution in [3.8, 4) is 0 Å². The predicted octanol–water partition coefficient (Wildman–Crippen LogP) is 1.54. The lowest BCUT2D eigenvalue weighted by Crippen LogP contribution is -2.60. The molecule has 1 aliphatic carbocycles. The van der Waals surface area contributed by atoms with Crippen LogP contribution in [-0.4, -0.2) is 17.4 Å². The summed E-state index contributed by atoms with van der Waals surface area (Å²) in [6.45, 7) is 1.91. The summed E-state index contributed by atoms with van der Waals surface area (Å²) >= 11 is 5.69. The summed E-state index contributed by atoms with van der Waals surface area (Å²) in [6, 6.07) is 3.17. The SMILES string of the molecule is C[C@@H]1C[C@@]12NC(=O)C(c1ccc(F)c(Cl)c1)NC2=O. The molecule has 2 aliphatic rings. The highest BCUT2D eigenvalue weighted by Gasteiger charge is 2.61. The average molecular weight is 283 g/mol. The molecule has 0 bridgehead atoms. The largest absolute Gasteiger partial charge is 0.339 e. The van der Waals surface area contributed by atoms with Crippen molar-refractivity contribution in [1.82, 2.24) is 10.6 Å². The summed E-state index contributed by atoms with van der Waals surface area (Å²) in [5.41, 5.74) is -0.266. The van der Waals surface area contributed by atoms with Crippen LogP contribution in [0.1, 0.15) is 24.9 Å². The molecule has 19 heavy (non-hydrogen) atoms. The van der Waals surface area contributed by atoms with Crippen LogP contribution >= 0.6 is 11.6 Å². The fraction of sp³-hybridized carbons (Fsp3) is 0.385. The minimum atomic E-state index is -0.816. The number of nitrogens with one attached hydrogen (secondary N) is 2. The molecule has 2 N–H and O–H groups in total. The fourth-order valence-corrected chi connectivity index (χ4v) is 2.70. The van der Waals surface area contributed by atoms with Crippen molar-refractivity contribution >= 4 is 23.4 Å². The predicted molar refractivity (Wildman–Crippen MR) is 66.9 cm³/mol. The monoisotopic (exact) mass is 282 g/mol. The number of hydrogen-bond donors (Lipinski definition) is 2. The van der Waals surface area contributed by atoms with Crippen molar-refractivity contribution in [3.05, 3.63) is 34.6 Å². The zero-order valence-electron chi connectivity index (χ0n) is 10.2. The fourth-order valence-electron chi connectivity index (χ4n) is 2.52. The van der Waals surface area contributed by atoms with Gasteiger partial charge in [0, 0.05) is 0 Å². The summed E-state index contributed by atoms with van der Waals surface area (Å²) in [5.74, 6) is -0.883. The van der Waals surface area contributed by atoms with Crippen molar-refractivity contribution in [3.63, 3.8) is 0 Å². The Morgan fingerprint density at radius 2 is 2.11 bits per heavy atom. The zero-order valence-corrected chi connectivity index (χ0v) is 10.9. The van der Waals surface area contributed by atoms with Gasteiger partial charge in [0.05, 0.1) is 5.02 Å². The number of amides is 2. The van der Waals surface area contributed by atoms with Gasteiger partial charge in [0.25, 0.3) is 0 Å². The molecule has 1 heterocycles. The van der Waals surface area contributed by atoms with Gasteiger partial charge in [0.1, 0.15) is 17.4 Å². The van der Waals surface area contributed by atoms with E-state index in [2.05, 4.69) is 10.6 Å². The molecule has 3 atom stereocenters. The lowest BCUT2D eigenvalue weighted by molar-refractivity contribution is -0.138. The Morgan fingerprint density at radius 3 is 2.68 bits per heavy atom. The van der Waals surface area contributed by atoms with Crippen molar-refractivity contribution in [1.29, 1.82) is 0 Å². The van der Waals surface area contributed by atoms with Gasteiger partial charge in [0.2, 0.25) is 11.8 Å². The van der Waals surface area contributed by atoms with Crippen LogP contribution in [0.4, 0.5) is 4.39 Å². The zero-order chi connectivity index (χ0) is 13.8. The summed E-state index contributed by atoms with van der Waals surface area (Å²) in [4.78, 5) is 24.1. The lowest BCUT2D eigenvalue weighted by atomic mass is 10.0. The van der Waals surface area contributed by atoms with E-state index in [1.54, 1.807) is 0 Å². The Balaban J connectivity index is 1.88. The second-order valence-electron chi connectivity index (χ2n) is 5.15. The first-order valence-electron chi connectivity index (χ1n) is 6.02. The molecule has 4 nitrogen and oxygen atoms in total. The summed E-state index contributed by atoms with van der Waals surface area (Å²) in [7, 11) is 0. The van der Waals surface area contributed by atoms with Crippen LogP contribution in [0.3, 0.4) is 0 Å². The molecule has 0 aromatic heterocycles. The van der Waals surface area contributed by atoms with Crippen LogP contribution in [-0.2, 0) is 9.59 Å². The first-order chi connectivity index (χ1) is 8.94. The van der Waals surface area contributed by atoms with Gasteiger partial charge in [-0.2, -0.15) is 0 Å². The van der Waals surface area contributed by atoms with E-state index in [9.17, 15) is 14.0 Å². The van der Waals surface area contributed by atoms with Gasteiger partial charge < -0.3 is 10.6 Å². The van der Waals surface area contributed by atoms with Gasteiger partial charge >= 0.3 is 0 Å². The molecule has 3 rings (SSSR count). The number of carbonyl (C=O) groups excluding carboxylic acids is 2. The number of rotatable bonds is 1. The first kappa shape index (κ1) is 12.4. The molecular formula is C13H12ClFN2O2. The van der Waals surface area contributed by atoms with E-state index in [4.69, 9.17) is 11.6 Å². The van der Waals surface area contributed by atoms with Crippen LogP contribution in [0.2, 0.25) is 5.02 Å². The van der Waals surface area contributed by atoms with E-state index in [-0.39, 0.29) is 22.8 Å². The number of carbonyl (C=O) groups is 2. The van der Waals surface area contributed by atoms with Crippen molar-refractivity contribution in [2.24, 2.45) is 5.92 Å². The Kier molecular flexibility index (Phi) is 2.57. The third-order valence-electron chi connectivity index (χ3n) is 3.88. The number of benzene rings is 1. The molecule has 0 radical (unpaired) electrons. The number of halogens is 2. The van der Waals surface area contributed by atoms with E-state index in [1.165, 1.54) is 18.2 Å². The maximum atomic E-state index is 13.1. The maximum absolute atomic E-state index is 13.1. The van der Waals surface area contributed by atoms with Crippen molar-refractivity contribution < 1.29 is 14.0 Å². The average Bonchev–Trinajstić information content (AvgIpc) is 2.99. The van der Waals surface area contributed by atoms with Gasteiger partial charge in [0.15, 0.2) is 0 Å². The number of hydrogen-bond acceptors (Lipinski definition) is 2. The van der Waals surface area contributed by atoms with Gasteiger partial charge in [-0.1, -0.05) is 24.6 Å². The van der Waals surface area contributed by atoms with Gasteiger partial charge in [-0.15, -0.1) is 0 Å². The summed E-state index contributed by atoms with van der Waals surface area (Å²) < 4.78 is 13.1. The van der Waals surface area contributed by atoms with Crippen LogP contribution in [0.25, 0.3) is 0 Å². The summed E-state index contributed by atoms with van der Waals surface area (Å²) in [6.07, 6.45) is 0.654. The standard InChI is InChI=1S/C13H12ClFN2O2/c1-6-5-13(6)12(19)16-10(11(18)17-13)7-2-3-9(15)8(14)4-7/h2-4,6,10H,5H2,1H3,(H,16,19)(H,17,18)/t6-,10?,13-/m1/s1. The van der Waals surface area contributed by atoms with E-state index in [0.717, 1.165) is 0 Å². The molecule has 100 valence electrons. The van der Waals surface area contributed by atoms with Crippen LogP contribution in [0.5, 0.6) is 0 Å². The minimum absolute atomic E-state index is 0.0698. The third kappa shape index (κ3) is 1.80. The molecule has 1 aliphatic heterocycles. The van der Waals surface area contributed by atoms with E-state index >= 15 is 0 Å². The maximum Gasteiger partial charge on any atom is 0.248 e. The van der Waals surface area contributed by atoms with Gasteiger partial charge in [-0.3, -0.25) is 9.59 Å². The van der Waals surface area contributed by atoms with Crippen molar-refractivity contribution in [2.75, 3.05) is 0 Å². The second-order valence-corrected chi connectivity index (χ2v) is 5.55. The highest BCUT2D eigenvalue weighted by Crippen LogP contribution is 2.45. The molecule has 1 saturated heterocycles. The first-order valence-corrected chi connectivity index (χ1v) is 6.40. The molecule has 1 aromatic carbocycles. The Morgan fingerprint density at radius 1 is 1.42 bits per heavy atom. The van der Waals surface area contributed by atoms with Crippen LogP contribution in [0, 0.1) is 11.7 Å². The summed E-state index contributed by atoms with van der Waals surface area (Å²) in [5, 5.41) is 5.37. The topological polar surface area (TPSA) is 58.2 Å². The lowest BCUT2D eigenvalue weighted by Gasteiger charge is -2.30. The Hall–Kier alpha value is -1.62. The van der Waals surface area contributed by atoms with E-state index in [1.807, 2.05) is 6.92 Å². The van der Waals surface area contributed by atoms with Gasteiger partial charge in [-0.05, 0) is 30.0 Å². The normalized spacial score (nSPS) is 33.0. The highest BCUT2D eigenvalue weighted by atomic mass is 35.5. The molecule has 1 spiro atoms. The van der Waals surface area contributed by atoms with Crippen LogP contribution in [0.15, 0.2) is 18.2 Å². The van der Waals surface area contributed by atoms with Gasteiger partial charge in [-0.25, -0.2) is 4.39 Å². The molecule has 1 unspecified atom stereocenters. The molecule has 1 saturated carbocycles. The molecular weight excluding hydrogens is 271 g/mol. The number of piperazine rings is 1. The van der Waals surface area contributed by atoms with Crippen molar-refractivity contribution in [2.45, 2.75) is 24.9 Å². The quantitative estimate of drug-likeness (QED) is 0.821. The van der Waals surface area contributed by atoms with E-state index < -0.39 is 17.4 Å². The Bertz CT molecular complexity index is 592. The second kappa shape index (κ2) is 3.93. The molecule has 6 heteroatoms. The van der Waals surface area contributed by atoms with Crippen LogP contribution < -0.4 is 10.6 Å². The smallest absolute Gasteiger partial charge is 0.248 e. The molecule has 1 aromatic rings.